The highest BCUT2D eigenvalue weighted by atomic mass is 32.1. The summed E-state index contributed by atoms with van der Waals surface area (Å²) in [5.74, 6) is -0.247. The molecule has 7 heteroatoms. The van der Waals surface area contributed by atoms with Crippen molar-refractivity contribution in [2.45, 2.75) is 6.54 Å². The van der Waals surface area contributed by atoms with E-state index in [0.29, 0.717) is 35.9 Å². The Bertz CT molecular complexity index is 1080. The number of morpholine rings is 1. The lowest BCUT2D eigenvalue weighted by atomic mass is 10.1. The standard InChI is InChI=1S/C25H27N3O3S/c1-26(18-19-8-3-5-10-21(19)28-13-15-31-16-14-28)24(29)20-9-4-6-11-22(20)27(2)25(30)23-12-7-17-32-23/h3-12,17H,13-16,18H2,1-2H3. The van der Waals surface area contributed by atoms with Gasteiger partial charge in [-0.3, -0.25) is 9.59 Å². The minimum atomic E-state index is -0.124. The molecule has 0 N–H and O–H groups in total. The molecule has 166 valence electrons. The number of benzene rings is 2. The van der Waals surface area contributed by atoms with Crippen molar-refractivity contribution in [2.75, 3.05) is 50.2 Å². The number of anilines is 2. The van der Waals surface area contributed by atoms with Gasteiger partial charge in [0.2, 0.25) is 0 Å². The van der Waals surface area contributed by atoms with Gasteiger partial charge in [0, 0.05) is 39.4 Å². The topological polar surface area (TPSA) is 53.1 Å². The number of amides is 2. The average Bonchev–Trinajstić information content (AvgIpc) is 3.38. The van der Waals surface area contributed by atoms with Crippen LogP contribution in [0.1, 0.15) is 25.6 Å². The maximum Gasteiger partial charge on any atom is 0.268 e. The lowest BCUT2D eigenvalue weighted by Crippen LogP contribution is -2.37. The Balaban J connectivity index is 1.55. The van der Waals surface area contributed by atoms with E-state index in [1.54, 1.807) is 36.0 Å². The van der Waals surface area contributed by atoms with Crippen LogP contribution in [0.2, 0.25) is 0 Å². The fraction of sp³-hybridized carbons (Fsp3) is 0.280. The molecular weight excluding hydrogens is 422 g/mol. The number of carbonyl (C=O) groups is 2. The van der Waals surface area contributed by atoms with Crippen molar-refractivity contribution in [3.8, 4) is 0 Å². The normalized spacial score (nSPS) is 13.6. The van der Waals surface area contributed by atoms with Gasteiger partial charge in [0.1, 0.15) is 0 Å². The van der Waals surface area contributed by atoms with Crippen molar-refractivity contribution in [2.24, 2.45) is 0 Å². The lowest BCUT2D eigenvalue weighted by molar-refractivity contribution is 0.0785. The Hall–Kier alpha value is -3.16. The molecule has 6 nitrogen and oxygen atoms in total. The molecule has 2 aromatic carbocycles. The highest BCUT2D eigenvalue weighted by Gasteiger charge is 2.23. The molecule has 0 spiro atoms. The number of ether oxygens (including phenoxy) is 1. The van der Waals surface area contributed by atoms with Crippen LogP contribution in [0.3, 0.4) is 0 Å². The fourth-order valence-electron chi connectivity index (χ4n) is 3.91. The van der Waals surface area contributed by atoms with Gasteiger partial charge >= 0.3 is 0 Å². The molecule has 2 heterocycles. The van der Waals surface area contributed by atoms with Crippen LogP contribution in [-0.4, -0.2) is 57.1 Å². The first kappa shape index (κ1) is 22.0. The van der Waals surface area contributed by atoms with Gasteiger partial charge in [-0.25, -0.2) is 0 Å². The van der Waals surface area contributed by atoms with E-state index in [9.17, 15) is 9.59 Å². The monoisotopic (exact) mass is 449 g/mol. The van der Waals surface area contributed by atoms with E-state index in [2.05, 4.69) is 17.0 Å². The second-order valence-corrected chi connectivity index (χ2v) is 8.70. The van der Waals surface area contributed by atoms with E-state index < -0.39 is 0 Å². The van der Waals surface area contributed by atoms with Crippen LogP contribution in [0.5, 0.6) is 0 Å². The van der Waals surface area contributed by atoms with Gasteiger partial charge in [-0.05, 0) is 35.2 Å². The van der Waals surface area contributed by atoms with Crippen LogP contribution in [-0.2, 0) is 11.3 Å². The van der Waals surface area contributed by atoms with Gasteiger partial charge in [-0.2, -0.15) is 0 Å². The molecule has 3 aromatic rings. The zero-order valence-corrected chi connectivity index (χ0v) is 19.2. The summed E-state index contributed by atoms with van der Waals surface area (Å²) in [5, 5.41) is 1.87. The highest BCUT2D eigenvalue weighted by Crippen LogP contribution is 2.26. The van der Waals surface area contributed by atoms with Crippen LogP contribution in [0.25, 0.3) is 0 Å². The van der Waals surface area contributed by atoms with Crippen LogP contribution in [0, 0.1) is 0 Å². The largest absolute Gasteiger partial charge is 0.378 e. The molecule has 0 unspecified atom stereocenters. The second-order valence-electron chi connectivity index (χ2n) is 7.75. The Labute approximate surface area is 192 Å². The zero-order chi connectivity index (χ0) is 22.5. The molecule has 0 saturated carbocycles. The summed E-state index contributed by atoms with van der Waals surface area (Å²) in [7, 11) is 3.51. The zero-order valence-electron chi connectivity index (χ0n) is 18.4. The van der Waals surface area contributed by atoms with Crippen molar-refractivity contribution in [1.82, 2.24) is 4.90 Å². The molecule has 4 rings (SSSR count). The molecule has 0 radical (unpaired) electrons. The molecule has 0 atom stereocenters. The maximum absolute atomic E-state index is 13.4. The summed E-state index contributed by atoms with van der Waals surface area (Å²) < 4.78 is 5.48. The van der Waals surface area contributed by atoms with Gasteiger partial charge < -0.3 is 19.4 Å². The molecule has 2 amide bonds. The van der Waals surface area contributed by atoms with Crippen molar-refractivity contribution < 1.29 is 14.3 Å². The van der Waals surface area contributed by atoms with Gasteiger partial charge in [0.25, 0.3) is 11.8 Å². The van der Waals surface area contributed by atoms with Crippen LogP contribution >= 0.6 is 11.3 Å². The Morgan fingerprint density at radius 1 is 0.938 bits per heavy atom. The summed E-state index contributed by atoms with van der Waals surface area (Å²) >= 11 is 1.39. The molecule has 1 saturated heterocycles. The first-order valence-electron chi connectivity index (χ1n) is 10.6. The second kappa shape index (κ2) is 9.97. The summed E-state index contributed by atoms with van der Waals surface area (Å²) in [4.78, 5) is 32.5. The van der Waals surface area contributed by atoms with E-state index in [0.717, 1.165) is 24.3 Å². The number of carbonyl (C=O) groups excluding carboxylic acids is 2. The van der Waals surface area contributed by atoms with Crippen LogP contribution < -0.4 is 9.80 Å². The first-order valence-corrected chi connectivity index (χ1v) is 11.5. The first-order chi connectivity index (χ1) is 15.6. The lowest BCUT2D eigenvalue weighted by Gasteiger charge is -2.31. The van der Waals surface area contributed by atoms with Gasteiger partial charge in [0.15, 0.2) is 0 Å². The number of rotatable bonds is 6. The smallest absolute Gasteiger partial charge is 0.268 e. The minimum Gasteiger partial charge on any atom is -0.378 e. The average molecular weight is 450 g/mol. The predicted molar refractivity (Wildman–Crippen MR) is 129 cm³/mol. The number of hydrogen-bond acceptors (Lipinski definition) is 5. The Kier molecular flexibility index (Phi) is 6.87. The third kappa shape index (κ3) is 4.69. The molecule has 1 aliphatic heterocycles. The fourth-order valence-corrected chi connectivity index (χ4v) is 4.61. The molecule has 1 aliphatic rings. The van der Waals surface area contributed by atoms with Crippen molar-refractivity contribution >= 4 is 34.5 Å². The van der Waals surface area contributed by atoms with Crippen LogP contribution in [0.15, 0.2) is 66.0 Å². The third-order valence-electron chi connectivity index (χ3n) is 5.63. The Morgan fingerprint density at radius 2 is 1.66 bits per heavy atom. The predicted octanol–water partition coefficient (Wildman–Crippen LogP) is 4.13. The van der Waals surface area contributed by atoms with Gasteiger partial charge in [-0.1, -0.05) is 36.4 Å². The van der Waals surface area contributed by atoms with Crippen molar-refractivity contribution in [1.29, 1.82) is 0 Å². The quantitative estimate of drug-likeness (QED) is 0.568. The van der Waals surface area contributed by atoms with E-state index in [1.165, 1.54) is 11.3 Å². The summed E-state index contributed by atoms with van der Waals surface area (Å²) in [6.45, 7) is 3.58. The minimum absolute atomic E-state index is 0.122. The van der Waals surface area contributed by atoms with Gasteiger partial charge in [-0.15, -0.1) is 11.3 Å². The van der Waals surface area contributed by atoms with E-state index in [-0.39, 0.29) is 11.8 Å². The molecular formula is C25H27N3O3S. The SMILES string of the molecule is CN(Cc1ccccc1N1CCOCC1)C(=O)c1ccccc1N(C)C(=O)c1cccs1. The molecule has 1 fully saturated rings. The van der Waals surface area contributed by atoms with E-state index in [4.69, 9.17) is 4.74 Å². The summed E-state index contributed by atoms with van der Waals surface area (Å²) in [6, 6.07) is 19.1. The number of hydrogen-bond donors (Lipinski definition) is 0. The number of nitrogens with zero attached hydrogens (tertiary/aromatic N) is 3. The molecule has 0 aliphatic carbocycles. The van der Waals surface area contributed by atoms with Gasteiger partial charge in [0.05, 0.1) is 29.3 Å². The molecule has 1 aromatic heterocycles. The van der Waals surface area contributed by atoms with Crippen molar-refractivity contribution in [3.63, 3.8) is 0 Å². The van der Waals surface area contributed by atoms with E-state index in [1.807, 2.05) is 41.8 Å². The summed E-state index contributed by atoms with van der Waals surface area (Å²) in [5.41, 5.74) is 3.33. The van der Waals surface area contributed by atoms with E-state index >= 15 is 0 Å². The Morgan fingerprint density at radius 3 is 2.41 bits per heavy atom. The maximum atomic E-state index is 13.4. The highest BCUT2D eigenvalue weighted by molar-refractivity contribution is 7.12. The number of thiophene rings is 1. The third-order valence-corrected chi connectivity index (χ3v) is 6.49. The van der Waals surface area contributed by atoms with Crippen LogP contribution in [0.4, 0.5) is 11.4 Å². The molecule has 32 heavy (non-hydrogen) atoms. The van der Waals surface area contributed by atoms with Crippen molar-refractivity contribution in [3.05, 3.63) is 82.0 Å². The summed E-state index contributed by atoms with van der Waals surface area (Å²) in [6.07, 6.45) is 0. The molecule has 0 bridgehead atoms. The number of para-hydroxylation sites is 2.